The molecule has 0 aliphatic carbocycles. The van der Waals surface area contributed by atoms with Gasteiger partial charge in [0.2, 0.25) is 0 Å². The van der Waals surface area contributed by atoms with Gasteiger partial charge in [0, 0.05) is 16.5 Å². The Kier molecular flexibility index (Phi) is 5.37. The first kappa shape index (κ1) is 22.7. The molecule has 1 amide bonds. The Morgan fingerprint density at radius 1 is 1.20 bits per heavy atom. The second kappa shape index (κ2) is 8.29. The van der Waals surface area contributed by atoms with Crippen LogP contribution in [0.2, 0.25) is 0 Å². The number of benzene rings is 2. The van der Waals surface area contributed by atoms with Crippen LogP contribution in [0.1, 0.15) is 29.3 Å². The molecule has 35 heavy (non-hydrogen) atoms. The SMILES string of the molecule is C[C@]1(NC(=O)c2ccc3c(-c4cccc(C#N)c4)nn(-c4ccc(F)cn4)c3c2)CCS(=O)(=O)C1. The lowest BCUT2D eigenvalue weighted by Crippen LogP contribution is -2.46. The number of pyridine rings is 1. The third kappa shape index (κ3) is 4.38. The summed E-state index contributed by atoms with van der Waals surface area (Å²) in [5.41, 5.74) is 1.79. The minimum atomic E-state index is -3.19. The molecule has 1 atom stereocenters. The number of nitrogens with one attached hydrogen (secondary N) is 1. The summed E-state index contributed by atoms with van der Waals surface area (Å²) in [6, 6.07) is 16.9. The van der Waals surface area contributed by atoms with Crippen LogP contribution >= 0.6 is 0 Å². The number of halogens is 1. The first-order chi connectivity index (χ1) is 16.7. The second-order valence-electron chi connectivity index (χ2n) is 8.88. The predicted molar refractivity (Wildman–Crippen MR) is 128 cm³/mol. The molecular weight excluding hydrogens is 469 g/mol. The Morgan fingerprint density at radius 3 is 2.71 bits per heavy atom. The molecule has 0 unspecified atom stereocenters. The predicted octanol–water partition coefficient (Wildman–Crippen LogP) is 3.41. The van der Waals surface area contributed by atoms with Gasteiger partial charge < -0.3 is 5.32 Å². The van der Waals surface area contributed by atoms with E-state index < -0.39 is 27.1 Å². The fraction of sp³-hybridized carbons (Fsp3) is 0.200. The van der Waals surface area contributed by atoms with Crippen molar-refractivity contribution < 1.29 is 17.6 Å². The number of aromatic nitrogens is 3. The van der Waals surface area contributed by atoms with Crippen LogP contribution in [0.3, 0.4) is 0 Å². The van der Waals surface area contributed by atoms with Crippen molar-refractivity contribution in [3.05, 3.63) is 77.7 Å². The van der Waals surface area contributed by atoms with E-state index in [2.05, 4.69) is 21.5 Å². The number of nitrogens with zero attached hydrogens (tertiary/aromatic N) is 4. The molecule has 1 aliphatic rings. The Morgan fingerprint density at radius 2 is 2.03 bits per heavy atom. The minimum Gasteiger partial charge on any atom is -0.346 e. The Labute approximate surface area is 200 Å². The zero-order valence-corrected chi connectivity index (χ0v) is 19.5. The molecule has 1 fully saturated rings. The van der Waals surface area contributed by atoms with Crippen LogP contribution in [-0.2, 0) is 9.84 Å². The van der Waals surface area contributed by atoms with Crippen LogP contribution in [0.25, 0.3) is 28.0 Å². The number of fused-ring (bicyclic) bond motifs is 1. The maximum atomic E-state index is 13.5. The van der Waals surface area contributed by atoms with Crippen LogP contribution < -0.4 is 5.32 Å². The highest BCUT2D eigenvalue weighted by atomic mass is 32.2. The van der Waals surface area contributed by atoms with Crippen molar-refractivity contribution in [2.24, 2.45) is 0 Å². The van der Waals surface area contributed by atoms with Crippen molar-refractivity contribution in [1.29, 1.82) is 5.26 Å². The summed E-state index contributed by atoms with van der Waals surface area (Å²) in [4.78, 5) is 17.2. The fourth-order valence-electron chi connectivity index (χ4n) is 4.33. The molecule has 10 heteroatoms. The summed E-state index contributed by atoms with van der Waals surface area (Å²) in [6.45, 7) is 1.72. The number of rotatable bonds is 4. The van der Waals surface area contributed by atoms with E-state index in [1.165, 1.54) is 16.8 Å². The first-order valence-electron chi connectivity index (χ1n) is 10.8. The van der Waals surface area contributed by atoms with Crippen molar-refractivity contribution in [2.75, 3.05) is 11.5 Å². The van der Waals surface area contributed by atoms with Gasteiger partial charge in [-0.05, 0) is 55.8 Å². The maximum Gasteiger partial charge on any atom is 0.251 e. The van der Waals surface area contributed by atoms with E-state index in [-0.39, 0.29) is 11.5 Å². The molecule has 0 radical (unpaired) electrons. The van der Waals surface area contributed by atoms with E-state index in [1.807, 2.05) is 6.07 Å². The van der Waals surface area contributed by atoms with Crippen molar-refractivity contribution in [1.82, 2.24) is 20.1 Å². The van der Waals surface area contributed by atoms with Crippen LogP contribution in [0.4, 0.5) is 4.39 Å². The minimum absolute atomic E-state index is 0.0386. The quantitative estimate of drug-likeness (QED) is 0.469. The number of hydrogen-bond acceptors (Lipinski definition) is 6. The van der Waals surface area contributed by atoms with E-state index in [1.54, 1.807) is 43.3 Å². The zero-order valence-electron chi connectivity index (χ0n) is 18.7. The molecule has 0 saturated carbocycles. The molecule has 8 nitrogen and oxygen atoms in total. The van der Waals surface area contributed by atoms with E-state index in [0.717, 1.165) is 6.20 Å². The first-order valence-corrected chi connectivity index (χ1v) is 12.7. The third-order valence-corrected chi connectivity index (χ3v) is 7.96. The van der Waals surface area contributed by atoms with Crippen molar-refractivity contribution in [2.45, 2.75) is 18.9 Å². The summed E-state index contributed by atoms with van der Waals surface area (Å²) in [7, 11) is -3.19. The highest BCUT2D eigenvalue weighted by molar-refractivity contribution is 7.91. The van der Waals surface area contributed by atoms with Crippen LogP contribution in [0.15, 0.2) is 60.8 Å². The number of hydrogen-bond donors (Lipinski definition) is 1. The third-order valence-electron chi connectivity index (χ3n) is 6.06. The molecule has 1 N–H and O–H groups in total. The summed E-state index contributed by atoms with van der Waals surface area (Å²) in [5.74, 6) is -0.612. The van der Waals surface area contributed by atoms with Gasteiger partial charge in [0.25, 0.3) is 5.91 Å². The largest absolute Gasteiger partial charge is 0.346 e. The average Bonchev–Trinajstić information content (AvgIpc) is 3.35. The number of sulfone groups is 1. The van der Waals surface area contributed by atoms with Gasteiger partial charge >= 0.3 is 0 Å². The van der Waals surface area contributed by atoms with Gasteiger partial charge in [0.1, 0.15) is 11.5 Å². The van der Waals surface area contributed by atoms with E-state index in [0.29, 0.717) is 45.5 Å². The zero-order chi connectivity index (χ0) is 24.8. The molecular formula is C25H20FN5O3S. The molecule has 5 rings (SSSR count). The van der Waals surface area contributed by atoms with Gasteiger partial charge in [0.15, 0.2) is 15.7 Å². The number of nitriles is 1. The number of amides is 1. The van der Waals surface area contributed by atoms with Gasteiger partial charge in [-0.1, -0.05) is 12.1 Å². The second-order valence-corrected chi connectivity index (χ2v) is 11.1. The highest BCUT2D eigenvalue weighted by Gasteiger charge is 2.39. The molecule has 2 aromatic heterocycles. The smallest absolute Gasteiger partial charge is 0.251 e. The summed E-state index contributed by atoms with van der Waals surface area (Å²) >= 11 is 0. The van der Waals surface area contributed by atoms with Gasteiger partial charge in [-0.25, -0.2) is 22.5 Å². The van der Waals surface area contributed by atoms with E-state index in [4.69, 9.17) is 0 Å². The average molecular weight is 490 g/mol. The lowest BCUT2D eigenvalue weighted by molar-refractivity contribution is 0.0915. The van der Waals surface area contributed by atoms with Crippen molar-refractivity contribution in [3.63, 3.8) is 0 Å². The molecule has 1 saturated heterocycles. The number of carbonyl (C=O) groups is 1. The van der Waals surface area contributed by atoms with Crippen LogP contribution in [0.5, 0.6) is 0 Å². The summed E-state index contributed by atoms with van der Waals surface area (Å²) in [6.07, 6.45) is 1.43. The fourth-order valence-corrected chi connectivity index (χ4v) is 6.42. The molecule has 4 aromatic rings. The topological polar surface area (TPSA) is 118 Å². The van der Waals surface area contributed by atoms with Crippen molar-refractivity contribution in [3.8, 4) is 23.1 Å². The monoisotopic (exact) mass is 489 g/mol. The van der Waals surface area contributed by atoms with Crippen molar-refractivity contribution >= 4 is 26.6 Å². The normalized spacial score (nSPS) is 18.9. The standard InChI is InChI=1S/C25H20FN5O3S/c1-25(9-10-35(33,34)15-25)29-24(32)18-5-7-20-21(12-18)31(22-8-6-19(26)14-28-22)30-23(20)17-4-2-3-16(11-17)13-27/h2-8,11-12,14H,9-10,15H2,1H3,(H,29,32)/t25-/m0/s1. The Hall–Kier alpha value is -4.10. The summed E-state index contributed by atoms with van der Waals surface area (Å²) < 4.78 is 38.9. The molecule has 176 valence electrons. The Bertz CT molecular complexity index is 1620. The lowest BCUT2D eigenvalue weighted by atomic mass is 10.0. The van der Waals surface area contributed by atoms with E-state index >= 15 is 0 Å². The van der Waals surface area contributed by atoms with Gasteiger partial charge in [-0.15, -0.1) is 0 Å². The van der Waals surface area contributed by atoms with Gasteiger partial charge in [0.05, 0.1) is 40.4 Å². The highest BCUT2D eigenvalue weighted by Crippen LogP contribution is 2.31. The number of carbonyl (C=O) groups excluding carboxylic acids is 1. The van der Waals surface area contributed by atoms with E-state index in [9.17, 15) is 22.9 Å². The molecule has 2 aromatic carbocycles. The lowest BCUT2D eigenvalue weighted by Gasteiger charge is -2.23. The molecule has 3 heterocycles. The molecule has 1 aliphatic heterocycles. The van der Waals surface area contributed by atoms with Crippen LogP contribution in [0, 0.1) is 17.1 Å². The van der Waals surface area contributed by atoms with Gasteiger partial charge in [-0.2, -0.15) is 10.4 Å². The Balaban J connectivity index is 1.61. The maximum absolute atomic E-state index is 13.5. The molecule has 0 bridgehead atoms. The molecule has 0 spiro atoms. The summed E-state index contributed by atoms with van der Waals surface area (Å²) in [5, 5.41) is 17.5. The van der Waals surface area contributed by atoms with Crippen LogP contribution in [-0.4, -0.2) is 46.1 Å². The van der Waals surface area contributed by atoms with Gasteiger partial charge in [-0.3, -0.25) is 4.79 Å².